The summed E-state index contributed by atoms with van der Waals surface area (Å²) in [6.07, 6.45) is -1.89. The molecule has 2 N–H and O–H groups in total. The number of rotatable bonds is 6. The maximum atomic E-state index is 12.8. The van der Waals surface area contributed by atoms with Crippen molar-refractivity contribution in [2.45, 2.75) is 12.9 Å². The van der Waals surface area contributed by atoms with Crippen molar-refractivity contribution in [3.63, 3.8) is 0 Å². The molecule has 3 heterocycles. The Kier molecular flexibility index (Phi) is 6.48. The molecule has 1 aromatic carbocycles. The number of benzene rings is 1. The van der Waals surface area contributed by atoms with Crippen LogP contribution in [-0.2, 0) is 11.3 Å². The molecule has 3 aromatic rings. The zero-order valence-corrected chi connectivity index (χ0v) is 17.8. The number of halogens is 3. The van der Waals surface area contributed by atoms with E-state index in [1.807, 2.05) is 0 Å². The molecule has 35 heavy (non-hydrogen) atoms. The van der Waals surface area contributed by atoms with Crippen molar-refractivity contribution in [2.24, 2.45) is 0 Å². The van der Waals surface area contributed by atoms with Crippen molar-refractivity contribution in [1.29, 1.82) is 0 Å². The molecule has 10 nitrogen and oxygen atoms in total. The van der Waals surface area contributed by atoms with Crippen LogP contribution in [0.4, 0.5) is 40.1 Å². The number of urea groups is 2. The summed E-state index contributed by atoms with van der Waals surface area (Å²) < 4.78 is 40.8. The highest BCUT2D eigenvalue weighted by Gasteiger charge is 2.37. The molecule has 180 valence electrons. The molecule has 0 atom stereocenters. The molecule has 5 amide bonds. The fourth-order valence-corrected chi connectivity index (χ4v) is 3.29. The average molecular weight is 486 g/mol. The van der Waals surface area contributed by atoms with Gasteiger partial charge in [0.25, 0.3) is 5.91 Å². The number of aromatic nitrogens is 2. The maximum absolute atomic E-state index is 12.8. The first-order valence-corrected chi connectivity index (χ1v) is 10.1. The maximum Gasteiger partial charge on any atom is 0.573 e. The van der Waals surface area contributed by atoms with Crippen LogP contribution in [0.5, 0.6) is 5.75 Å². The first-order valence-electron chi connectivity index (χ1n) is 10.1. The number of carbonyl (C=O) groups is 3. The highest BCUT2D eigenvalue weighted by atomic mass is 19.4. The quantitative estimate of drug-likeness (QED) is 0.509. The Labute approximate surface area is 196 Å². The second kappa shape index (κ2) is 9.67. The Morgan fingerprint density at radius 3 is 2.37 bits per heavy atom. The monoisotopic (exact) mass is 486 g/mol. The van der Waals surface area contributed by atoms with Crippen molar-refractivity contribution < 1.29 is 32.3 Å². The molecule has 0 unspecified atom stereocenters. The van der Waals surface area contributed by atoms with E-state index in [1.165, 1.54) is 29.4 Å². The predicted molar refractivity (Wildman–Crippen MR) is 118 cm³/mol. The summed E-state index contributed by atoms with van der Waals surface area (Å²) in [7, 11) is 0. The molecular formula is C22H17F3N6O4. The Morgan fingerprint density at radius 2 is 1.69 bits per heavy atom. The van der Waals surface area contributed by atoms with Crippen LogP contribution in [0.15, 0.2) is 67.0 Å². The smallest absolute Gasteiger partial charge is 0.406 e. The average Bonchev–Trinajstić information content (AvgIpc) is 3.07. The topological polar surface area (TPSA) is 117 Å². The number of anilines is 3. The number of imide groups is 1. The molecule has 0 aliphatic carbocycles. The molecule has 13 heteroatoms. The number of nitrogens with one attached hydrogen (secondary N) is 2. The van der Waals surface area contributed by atoms with E-state index in [-0.39, 0.29) is 24.6 Å². The molecule has 1 saturated heterocycles. The van der Waals surface area contributed by atoms with Gasteiger partial charge in [-0.05, 0) is 54.1 Å². The molecule has 0 spiro atoms. The molecular weight excluding hydrogens is 469 g/mol. The van der Waals surface area contributed by atoms with E-state index < -0.39 is 30.1 Å². The van der Waals surface area contributed by atoms with E-state index in [4.69, 9.17) is 0 Å². The van der Waals surface area contributed by atoms with E-state index in [0.717, 1.165) is 17.0 Å². The number of carbonyl (C=O) groups excluding carboxylic acids is 3. The van der Waals surface area contributed by atoms with Gasteiger partial charge < -0.3 is 9.64 Å². The van der Waals surface area contributed by atoms with Crippen LogP contribution in [0.25, 0.3) is 0 Å². The van der Waals surface area contributed by atoms with Crippen LogP contribution in [0, 0.1) is 0 Å². The van der Waals surface area contributed by atoms with Gasteiger partial charge in [-0.1, -0.05) is 6.07 Å². The van der Waals surface area contributed by atoms with Gasteiger partial charge in [-0.2, -0.15) is 0 Å². The Morgan fingerprint density at radius 1 is 0.971 bits per heavy atom. The summed E-state index contributed by atoms with van der Waals surface area (Å²) in [5.41, 5.74) is 0.699. The van der Waals surface area contributed by atoms with Crippen molar-refractivity contribution in [3.8, 4) is 5.75 Å². The Hall–Kier alpha value is -4.68. The number of pyridine rings is 2. The summed E-state index contributed by atoms with van der Waals surface area (Å²) >= 11 is 0. The molecule has 1 aliphatic rings. The number of hydrogen-bond donors (Lipinski definition) is 2. The predicted octanol–water partition coefficient (Wildman–Crippen LogP) is 3.99. The first kappa shape index (κ1) is 23.5. The second-order valence-corrected chi connectivity index (χ2v) is 7.25. The van der Waals surface area contributed by atoms with Gasteiger partial charge in [0.05, 0.1) is 5.69 Å². The minimum Gasteiger partial charge on any atom is -0.406 e. The van der Waals surface area contributed by atoms with E-state index >= 15 is 0 Å². The van der Waals surface area contributed by atoms with Gasteiger partial charge in [0.2, 0.25) is 0 Å². The summed E-state index contributed by atoms with van der Waals surface area (Å²) in [6, 6.07) is 11.4. The van der Waals surface area contributed by atoms with Crippen LogP contribution in [0.3, 0.4) is 0 Å². The van der Waals surface area contributed by atoms with Crippen LogP contribution in [0.1, 0.15) is 5.56 Å². The van der Waals surface area contributed by atoms with Crippen LogP contribution >= 0.6 is 0 Å². The minimum absolute atomic E-state index is 0.0371. The lowest BCUT2D eigenvalue weighted by Gasteiger charge is -2.18. The fraction of sp³-hybridized carbons (Fsp3) is 0.136. The largest absolute Gasteiger partial charge is 0.573 e. The standard InChI is InChI=1S/C22H17F3N6O4/c23-22(24,25)35-16-6-4-15(5-7-16)31-19(32)13-30(21(31)34)12-14-8-10-27-18(11-14)29-20(33)28-17-3-1-2-9-26-17/h1-11H,12-13H2,(H2,26,27,28,29,33). The van der Waals surface area contributed by atoms with E-state index in [9.17, 15) is 27.6 Å². The lowest BCUT2D eigenvalue weighted by Crippen LogP contribution is -2.32. The second-order valence-electron chi connectivity index (χ2n) is 7.25. The summed E-state index contributed by atoms with van der Waals surface area (Å²) in [5.74, 6) is -0.450. The minimum atomic E-state index is -4.85. The third kappa shape index (κ3) is 6.01. The zero-order chi connectivity index (χ0) is 25.0. The van der Waals surface area contributed by atoms with Crippen LogP contribution in [0.2, 0.25) is 0 Å². The Bertz CT molecular complexity index is 1240. The van der Waals surface area contributed by atoms with Gasteiger partial charge in [-0.3, -0.25) is 15.4 Å². The zero-order valence-electron chi connectivity index (χ0n) is 17.8. The van der Waals surface area contributed by atoms with Gasteiger partial charge in [0, 0.05) is 18.9 Å². The number of amides is 5. The molecule has 2 aromatic heterocycles. The Balaban J connectivity index is 1.39. The van der Waals surface area contributed by atoms with Crippen molar-refractivity contribution in [3.05, 3.63) is 72.6 Å². The summed E-state index contributed by atoms with van der Waals surface area (Å²) in [6.45, 7) is -0.194. The summed E-state index contributed by atoms with van der Waals surface area (Å²) in [5, 5.41) is 5.11. The van der Waals surface area contributed by atoms with Gasteiger partial charge in [-0.15, -0.1) is 13.2 Å². The molecule has 0 bridgehead atoms. The number of nitrogens with zero attached hydrogens (tertiary/aromatic N) is 4. The van der Waals surface area contributed by atoms with E-state index in [0.29, 0.717) is 11.4 Å². The normalized spacial score (nSPS) is 13.7. The van der Waals surface area contributed by atoms with Crippen LogP contribution in [-0.4, -0.2) is 45.7 Å². The molecule has 0 radical (unpaired) electrons. The fourth-order valence-electron chi connectivity index (χ4n) is 3.29. The van der Waals surface area contributed by atoms with Gasteiger partial charge in [-0.25, -0.2) is 24.5 Å². The number of alkyl halides is 3. The number of hydrogen-bond acceptors (Lipinski definition) is 6. The van der Waals surface area contributed by atoms with Gasteiger partial charge >= 0.3 is 18.4 Å². The molecule has 1 fully saturated rings. The lowest BCUT2D eigenvalue weighted by molar-refractivity contribution is -0.274. The SMILES string of the molecule is O=C(Nc1ccccn1)Nc1cc(CN2CC(=O)N(c3ccc(OC(F)(F)F)cc3)C2=O)ccn1. The van der Waals surface area contributed by atoms with Crippen LogP contribution < -0.4 is 20.3 Å². The summed E-state index contributed by atoms with van der Waals surface area (Å²) in [4.78, 5) is 47.6. The highest BCUT2D eigenvalue weighted by molar-refractivity contribution is 6.19. The van der Waals surface area contributed by atoms with Crippen molar-refractivity contribution >= 4 is 35.3 Å². The first-order chi connectivity index (χ1) is 16.7. The third-order valence-electron chi connectivity index (χ3n) is 4.71. The molecule has 0 saturated carbocycles. The number of ether oxygens (including phenoxy) is 1. The van der Waals surface area contributed by atoms with Gasteiger partial charge in [0.15, 0.2) is 0 Å². The van der Waals surface area contributed by atoms with Gasteiger partial charge in [0.1, 0.15) is 23.9 Å². The third-order valence-corrected chi connectivity index (χ3v) is 4.71. The van der Waals surface area contributed by atoms with Crippen molar-refractivity contribution in [2.75, 3.05) is 22.1 Å². The van der Waals surface area contributed by atoms with Crippen molar-refractivity contribution in [1.82, 2.24) is 14.9 Å². The van der Waals surface area contributed by atoms with E-state index in [2.05, 4.69) is 25.3 Å². The molecule has 4 rings (SSSR count). The van der Waals surface area contributed by atoms with E-state index in [1.54, 1.807) is 30.3 Å². The molecule has 1 aliphatic heterocycles. The highest BCUT2D eigenvalue weighted by Crippen LogP contribution is 2.28. The lowest BCUT2D eigenvalue weighted by atomic mass is 10.2.